The number of nitrogens with two attached hydrogens (primary N) is 1. The van der Waals surface area contributed by atoms with E-state index >= 15 is 0 Å². The first-order valence-electron chi connectivity index (χ1n) is 7.00. The van der Waals surface area contributed by atoms with Crippen molar-refractivity contribution in [1.82, 2.24) is 10.6 Å². The van der Waals surface area contributed by atoms with Gasteiger partial charge in [-0.3, -0.25) is 0 Å². The normalized spacial score (nSPS) is 36.3. The molecule has 2 aliphatic rings. The number of carbonyl (C=O) groups excluding carboxylic acids is 1. The molecule has 0 aromatic carbocycles. The number of nitrogens with one attached hydrogen (secondary N) is 2. The lowest BCUT2D eigenvalue weighted by Gasteiger charge is -2.40. The van der Waals surface area contributed by atoms with Crippen molar-refractivity contribution in [2.75, 3.05) is 19.8 Å². The Kier molecular flexibility index (Phi) is 4.45. The first-order chi connectivity index (χ1) is 8.63. The van der Waals surface area contributed by atoms with Gasteiger partial charge < -0.3 is 21.1 Å². The molecule has 1 aliphatic heterocycles. The van der Waals surface area contributed by atoms with E-state index in [4.69, 9.17) is 10.5 Å². The third-order valence-corrected chi connectivity index (χ3v) is 4.13. The van der Waals surface area contributed by atoms with Gasteiger partial charge in [-0.1, -0.05) is 19.8 Å². The van der Waals surface area contributed by atoms with Crippen molar-refractivity contribution in [2.24, 2.45) is 11.7 Å². The van der Waals surface area contributed by atoms with Crippen molar-refractivity contribution < 1.29 is 9.53 Å². The molecule has 1 aliphatic carbocycles. The smallest absolute Gasteiger partial charge is 0.315 e. The van der Waals surface area contributed by atoms with Gasteiger partial charge in [0.1, 0.15) is 0 Å². The van der Waals surface area contributed by atoms with Crippen molar-refractivity contribution in [3.05, 3.63) is 0 Å². The maximum atomic E-state index is 12.0. The molecule has 0 radical (unpaired) electrons. The molecule has 3 atom stereocenters. The predicted octanol–water partition coefficient (Wildman–Crippen LogP) is 0.982. The van der Waals surface area contributed by atoms with Crippen molar-refractivity contribution in [2.45, 2.75) is 50.6 Å². The zero-order valence-electron chi connectivity index (χ0n) is 11.2. The fraction of sp³-hybridized carbons (Fsp3) is 0.923. The van der Waals surface area contributed by atoms with Crippen LogP contribution in [0.5, 0.6) is 0 Å². The summed E-state index contributed by atoms with van der Waals surface area (Å²) in [7, 11) is 0. The van der Waals surface area contributed by atoms with E-state index in [1.54, 1.807) is 0 Å². The summed E-state index contributed by atoms with van der Waals surface area (Å²) >= 11 is 0. The summed E-state index contributed by atoms with van der Waals surface area (Å²) in [6, 6.07) is 0.0610. The first-order valence-corrected chi connectivity index (χ1v) is 7.00. The highest BCUT2D eigenvalue weighted by atomic mass is 16.5. The molecule has 1 heterocycles. The molecule has 0 bridgehead atoms. The van der Waals surface area contributed by atoms with E-state index in [9.17, 15) is 4.79 Å². The van der Waals surface area contributed by atoms with E-state index in [-0.39, 0.29) is 17.6 Å². The number of hydrogen-bond acceptors (Lipinski definition) is 3. The molecule has 5 nitrogen and oxygen atoms in total. The zero-order chi connectivity index (χ0) is 13.0. The molecule has 3 unspecified atom stereocenters. The van der Waals surface area contributed by atoms with Gasteiger partial charge in [0.05, 0.1) is 18.2 Å². The molecule has 4 N–H and O–H groups in total. The summed E-state index contributed by atoms with van der Waals surface area (Å²) in [4.78, 5) is 12.0. The third kappa shape index (κ3) is 3.36. The molecule has 1 saturated heterocycles. The summed E-state index contributed by atoms with van der Waals surface area (Å²) in [5.74, 6) is 0.636. The summed E-state index contributed by atoms with van der Waals surface area (Å²) in [6.45, 7) is 4.11. The molecule has 0 aromatic rings. The molecular formula is C13H25N3O2. The van der Waals surface area contributed by atoms with Crippen LogP contribution in [0.15, 0.2) is 0 Å². The second-order valence-corrected chi connectivity index (χ2v) is 5.84. The summed E-state index contributed by atoms with van der Waals surface area (Å²) in [6.07, 6.45) is 5.26. The quantitative estimate of drug-likeness (QED) is 0.703. The predicted molar refractivity (Wildman–Crippen MR) is 70.3 cm³/mol. The van der Waals surface area contributed by atoms with Gasteiger partial charge in [0, 0.05) is 13.2 Å². The number of urea groups is 1. The van der Waals surface area contributed by atoms with Crippen molar-refractivity contribution in [1.29, 1.82) is 0 Å². The highest BCUT2D eigenvalue weighted by molar-refractivity contribution is 5.75. The molecule has 2 rings (SSSR count). The van der Waals surface area contributed by atoms with Crippen LogP contribution in [0.25, 0.3) is 0 Å². The molecule has 104 valence electrons. The highest BCUT2D eigenvalue weighted by Crippen LogP contribution is 2.31. The Balaban J connectivity index is 1.86. The average molecular weight is 255 g/mol. The fourth-order valence-electron chi connectivity index (χ4n) is 3.12. The monoisotopic (exact) mass is 255 g/mol. The second kappa shape index (κ2) is 5.89. The standard InChI is InChI=1S/C13H25N3O2/c1-10-3-2-5-13(7-10,9-14)16-12(17)15-11-4-6-18-8-11/h10-11H,2-9,14H2,1H3,(H2,15,16,17). The van der Waals surface area contributed by atoms with Crippen LogP contribution in [0.1, 0.15) is 39.0 Å². The first kappa shape index (κ1) is 13.6. The maximum absolute atomic E-state index is 12.0. The Morgan fingerprint density at radius 2 is 2.33 bits per heavy atom. The van der Waals surface area contributed by atoms with Gasteiger partial charge in [-0.2, -0.15) is 0 Å². The van der Waals surface area contributed by atoms with Crippen LogP contribution >= 0.6 is 0 Å². The Hall–Kier alpha value is -0.810. The van der Waals surface area contributed by atoms with Gasteiger partial charge in [-0.15, -0.1) is 0 Å². The number of rotatable bonds is 3. The van der Waals surface area contributed by atoms with E-state index in [1.807, 2.05) is 0 Å². The number of amides is 2. The SMILES string of the molecule is CC1CCCC(CN)(NC(=O)NC2CCOC2)C1. The third-order valence-electron chi connectivity index (χ3n) is 4.13. The molecule has 18 heavy (non-hydrogen) atoms. The zero-order valence-corrected chi connectivity index (χ0v) is 11.2. The Morgan fingerprint density at radius 1 is 1.50 bits per heavy atom. The topological polar surface area (TPSA) is 76.4 Å². The van der Waals surface area contributed by atoms with Crippen LogP contribution in [-0.2, 0) is 4.74 Å². The van der Waals surface area contributed by atoms with Gasteiger partial charge in [0.15, 0.2) is 0 Å². The minimum absolute atomic E-state index is 0.0925. The summed E-state index contributed by atoms with van der Waals surface area (Å²) in [5.41, 5.74) is 5.68. The Morgan fingerprint density at radius 3 is 2.94 bits per heavy atom. The van der Waals surface area contributed by atoms with Crippen LogP contribution in [0.2, 0.25) is 0 Å². The number of ether oxygens (including phenoxy) is 1. The molecular weight excluding hydrogens is 230 g/mol. The van der Waals surface area contributed by atoms with Gasteiger partial charge >= 0.3 is 6.03 Å². The minimum Gasteiger partial charge on any atom is -0.379 e. The van der Waals surface area contributed by atoms with Gasteiger partial charge in [0.25, 0.3) is 0 Å². The van der Waals surface area contributed by atoms with E-state index < -0.39 is 0 Å². The number of hydrogen-bond donors (Lipinski definition) is 3. The minimum atomic E-state index is -0.207. The average Bonchev–Trinajstić information content (AvgIpc) is 2.81. The van der Waals surface area contributed by atoms with E-state index in [0.29, 0.717) is 19.1 Å². The highest BCUT2D eigenvalue weighted by Gasteiger charge is 2.35. The van der Waals surface area contributed by atoms with E-state index in [1.165, 1.54) is 6.42 Å². The van der Waals surface area contributed by atoms with Gasteiger partial charge in [-0.05, 0) is 25.2 Å². The molecule has 1 saturated carbocycles. The van der Waals surface area contributed by atoms with Gasteiger partial charge in [-0.25, -0.2) is 4.79 Å². The largest absolute Gasteiger partial charge is 0.379 e. The lowest BCUT2D eigenvalue weighted by Crippen LogP contribution is -2.59. The van der Waals surface area contributed by atoms with E-state index in [0.717, 1.165) is 32.3 Å². The molecule has 5 heteroatoms. The Labute approximate surface area is 109 Å². The van der Waals surface area contributed by atoms with Crippen LogP contribution in [0, 0.1) is 5.92 Å². The number of carbonyl (C=O) groups is 1. The molecule has 2 fully saturated rings. The maximum Gasteiger partial charge on any atom is 0.315 e. The molecule has 0 aromatic heterocycles. The second-order valence-electron chi connectivity index (χ2n) is 5.84. The van der Waals surface area contributed by atoms with Crippen LogP contribution in [0.4, 0.5) is 4.79 Å². The summed E-state index contributed by atoms with van der Waals surface area (Å²) in [5, 5.41) is 6.08. The van der Waals surface area contributed by atoms with Crippen molar-refractivity contribution in [3.63, 3.8) is 0 Å². The lowest BCUT2D eigenvalue weighted by atomic mass is 9.76. The van der Waals surface area contributed by atoms with Gasteiger partial charge in [0.2, 0.25) is 0 Å². The van der Waals surface area contributed by atoms with Crippen molar-refractivity contribution in [3.8, 4) is 0 Å². The van der Waals surface area contributed by atoms with Crippen LogP contribution < -0.4 is 16.4 Å². The summed E-state index contributed by atoms with van der Waals surface area (Å²) < 4.78 is 5.25. The van der Waals surface area contributed by atoms with Crippen LogP contribution in [0.3, 0.4) is 0 Å². The fourth-order valence-corrected chi connectivity index (χ4v) is 3.12. The Bertz CT molecular complexity index is 292. The van der Waals surface area contributed by atoms with Crippen LogP contribution in [-0.4, -0.2) is 37.4 Å². The van der Waals surface area contributed by atoms with Crippen molar-refractivity contribution >= 4 is 6.03 Å². The molecule has 2 amide bonds. The molecule has 0 spiro atoms. The van der Waals surface area contributed by atoms with E-state index in [2.05, 4.69) is 17.6 Å². The lowest BCUT2D eigenvalue weighted by molar-refractivity contribution is 0.174.